The van der Waals surface area contributed by atoms with Crippen LogP contribution in [0, 0.1) is 5.92 Å². The quantitative estimate of drug-likeness (QED) is 0.840. The topological polar surface area (TPSA) is 58.4 Å². The van der Waals surface area contributed by atoms with Crippen molar-refractivity contribution < 1.29 is 4.79 Å². The number of hydrogen-bond donors (Lipinski definition) is 2. The van der Waals surface area contributed by atoms with Crippen molar-refractivity contribution in [2.24, 2.45) is 5.92 Å². The Hall–Kier alpha value is -1.55. The molecule has 0 spiro atoms. The predicted molar refractivity (Wildman–Crippen MR) is 86.0 cm³/mol. The molecule has 0 aromatic heterocycles. The second-order valence-electron chi connectivity index (χ2n) is 6.43. The van der Waals surface area contributed by atoms with Gasteiger partial charge in [0.25, 0.3) is 0 Å². The molecule has 114 valence electrons. The molecule has 0 radical (unpaired) electrons. The second kappa shape index (κ2) is 6.06. The van der Waals surface area contributed by atoms with E-state index >= 15 is 0 Å². The summed E-state index contributed by atoms with van der Waals surface area (Å²) in [5.74, 6) is 0.884. The summed E-state index contributed by atoms with van der Waals surface area (Å²) >= 11 is 0. The lowest BCUT2D eigenvalue weighted by molar-refractivity contribution is -0.122. The number of fused-ring (bicyclic) bond motifs is 1. The third-order valence-electron chi connectivity index (χ3n) is 5.07. The minimum Gasteiger partial charge on any atom is -0.399 e. The zero-order valence-electron chi connectivity index (χ0n) is 12.7. The highest BCUT2D eigenvalue weighted by molar-refractivity contribution is 5.94. The molecule has 1 saturated carbocycles. The number of nitrogens with one attached hydrogen (secondary N) is 1. The Bertz CT molecular complexity index is 517. The number of nitrogen functional groups attached to an aromatic ring is 1. The third kappa shape index (κ3) is 3.05. The number of carbonyl (C=O) groups excluding carboxylic acids is 1. The molecule has 3 atom stereocenters. The molecule has 1 aromatic carbocycles. The van der Waals surface area contributed by atoms with Gasteiger partial charge in [-0.1, -0.05) is 12.5 Å². The van der Waals surface area contributed by atoms with Crippen LogP contribution >= 0.6 is 0 Å². The number of carbonyl (C=O) groups is 1. The Morgan fingerprint density at radius 2 is 2.14 bits per heavy atom. The summed E-state index contributed by atoms with van der Waals surface area (Å²) in [5.41, 5.74) is 7.22. The van der Waals surface area contributed by atoms with Gasteiger partial charge in [-0.25, -0.2) is 0 Å². The van der Waals surface area contributed by atoms with Crippen LogP contribution in [0.4, 0.5) is 11.4 Å². The third-order valence-corrected chi connectivity index (χ3v) is 5.07. The highest BCUT2D eigenvalue weighted by Crippen LogP contribution is 2.37. The van der Waals surface area contributed by atoms with Gasteiger partial charge in [-0.2, -0.15) is 0 Å². The van der Waals surface area contributed by atoms with Gasteiger partial charge in [0.05, 0.1) is 6.04 Å². The van der Waals surface area contributed by atoms with E-state index in [9.17, 15) is 4.79 Å². The van der Waals surface area contributed by atoms with E-state index < -0.39 is 0 Å². The van der Waals surface area contributed by atoms with E-state index in [1.807, 2.05) is 25.1 Å². The van der Waals surface area contributed by atoms with Crippen LogP contribution in [-0.2, 0) is 4.79 Å². The monoisotopic (exact) mass is 287 g/mol. The fourth-order valence-electron chi connectivity index (χ4n) is 3.99. The number of piperidine rings is 1. The number of benzene rings is 1. The van der Waals surface area contributed by atoms with E-state index in [0.29, 0.717) is 11.7 Å². The Labute approximate surface area is 126 Å². The van der Waals surface area contributed by atoms with Gasteiger partial charge in [-0.15, -0.1) is 0 Å². The summed E-state index contributed by atoms with van der Waals surface area (Å²) in [7, 11) is 0. The Kier molecular flexibility index (Phi) is 4.15. The lowest BCUT2D eigenvalue weighted by atomic mass is 9.90. The Morgan fingerprint density at radius 1 is 1.33 bits per heavy atom. The zero-order valence-corrected chi connectivity index (χ0v) is 12.7. The van der Waals surface area contributed by atoms with Crippen LogP contribution in [0.2, 0.25) is 0 Å². The zero-order chi connectivity index (χ0) is 14.8. The molecule has 21 heavy (non-hydrogen) atoms. The molecule has 2 fully saturated rings. The average Bonchev–Trinajstić information content (AvgIpc) is 2.94. The van der Waals surface area contributed by atoms with Gasteiger partial charge >= 0.3 is 0 Å². The minimum absolute atomic E-state index is 0.0719. The number of likely N-dealkylation sites (tertiary alicyclic amines) is 1. The first kappa shape index (κ1) is 14.4. The lowest BCUT2D eigenvalue weighted by Crippen LogP contribution is -2.51. The van der Waals surface area contributed by atoms with Gasteiger partial charge in [0.15, 0.2) is 0 Å². The van der Waals surface area contributed by atoms with Crippen LogP contribution in [0.25, 0.3) is 0 Å². The molecule has 0 bridgehead atoms. The van der Waals surface area contributed by atoms with Gasteiger partial charge in [0, 0.05) is 17.4 Å². The van der Waals surface area contributed by atoms with Crippen LogP contribution in [0.5, 0.6) is 0 Å². The summed E-state index contributed by atoms with van der Waals surface area (Å²) < 4.78 is 0. The molecule has 1 saturated heterocycles. The van der Waals surface area contributed by atoms with Gasteiger partial charge in [0.2, 0.25) is 5.91 Å². The van der Waals surface area contributed by atoms with Gasteiger partial charge < -0.3 is 11.1 Å². The van der Waals surface area contributed by atoms with E-state index in [2.05, 4.69) is 10.2 Å². The van der Waals surface area contributed by atoms with Crippen molar-refractivity contribution in [3.63, 3.8) is 0 Å². The van der Waals surface area contributed by atoms with Crippen molar-refractivity contribution in [2.75, 3.05) is 17.6 Å². The normalized spacial score (nSPS) is 27.1. The molecule has 3 unspecified atom stereocenters. The first-order valence-electron chi connectivity index (χ1n) is 8.07. The maximum Gasteiger partial charge on any atom is 0.241 e. The fraction of sp³-hybridized carbons (Fsp3) is 0.588. The largest absolute Gasteiger partial charge is 0.399 e. The SMILES string of the molecule is CC(C(=O)Nc1cccc(N)c1)N1CCCC2CCCC21. The maximum atomic E-state index is 12.5. The Balaban J connectivity index is 1.66. The summed E-state index contributed by atoms with van der Waals surface area (Å²) in [6.07, 6.45) is 6.46. The molecule has 3 rings (SSSR count). The van der Waals surface area contributed by atoms with Crippen LogP contribution in [0.15, 0.2) is 24.3 Å². The summed E-state index contributed by atoms with van der Waals surface area (Å²) in [4.78, 5) is 14.9. The van der Waals surface area contributed by atoms with Crippen LogP contribution in [0.1, 0.15) is 39.0 Å². The van der Waals surface area contributed by atoms with Crippen LogP contribution in [0.3, 0.4) is 0 Å². The van der Waals surface area contributed by atoms with E-state index in [4.69, 9.17) is 5.73 Å². The molecule has 1 aliphatic heterocycles. The van der Waals surface area contributed by atoms with Crippen LogP contribution < -0.4 is 11.1 Å². The average molecular weight is 287 g/mol. The van der Waals surface area contributed by atoms with Crippen molar-refractivity contribution in [3.8, 4) is 0 Å². The summed E-state index contributed by atoms with van der Waals surface area (Å²) in [6, 6.07) is 7.92. The van der Waals surface area contributed by atoms with Crippen molar-refractivity contribution in [1.82, 2.24) is 4.90 Å². The summed E-state index contributed by atoms with van der Waals surface area (Å²) in [6.45, 7) is 3.08. The van der Waals surface area contributed by atoms with Crippen molar-refractivity contribution >= 4 is 17.3 Å². The number of hydrogen-bond acceptors (Lipinski definition) is 3. The molecular weight excluding hydrogens is 262 g/mol. The number of amides is 1. The molecule has 4 nitrogen and oxygen atoms in total. The van der Waals surface area contributed by atoms with E-state index in [1.54, 1.807) is 6.07 Å². The first-order chi connectivity index (χ1) is 10.1. The fourth-order valence-corrected chi connectivity index (χ4v) is 3.99. The van der Waals surface area contributed by atoms with Crippen molar-refractivity contribution in [3.05, 3.63) is 24.3 Å². The number of rotatable bonds is 3. The summed E-state index contributed by atoms with van der Waals surface area (Å²) in [5, 5.41) is 3.00. The molecule has 1 aliphatic carbocycles. The molecular formula is C17H25N3O. The van der Waals surface area contributed by atoms with E-state index in [0.717, 1.165) is 18.2 Å². The molecule has 1 amide bonds. The minimum atomic E-state index is -0.0719. The van der Waals surface area contributed by atoms with Gasteiger partial charge in [0.1, 0.15) is 0 Å². The number of nitrogens with two attached hydrogens (primary N) is 1. The van der Waals surface area contributed by atoms with E-state index in [-0.39, 0.29) is 11.9 Å². The number of nitrogens with zero attached hydrogens (tertiary/aromatic N) is 1. The standard InChI is InChI=1S/C17H25N3O/c1-12(17(21)19-15-8-3-7-14(18)11-15)20-10-4-6-13-5-2-9-16(13)20/h3,7-8,11-13,16H,2,4-6,9-10,18H2,1H3,(H,19,21). The first-order valence-corrected chi connectivity index (χ1v) is 8.07. The Morgan fingerprint density at radius 3 is 2.95 bits per heavy atom. The van der Waals surface area contributed by atoms with Gasteiger partial charge in [-0.3, -0.25) is 9.69 Å². The highest BCUT2D eigenvalue weighted by Gasteiger charge is 2.38. The highest BCUT2D eigenvalue weighted by atomic mass is 16.2. The number of anilines is 2. The van der Waals surface area contributed by atoms with Crippen molar-refractivity contribution in [2.45, 2.75) is 51.1 Å². The van der Waals surface area contributed by atoms with Crippen molar-refractivity contribution in [1.29, 1.82) is 0 Å². The van der Waals surface area contributed by atoms with Crippen LogP contribution in [-0.4, -0.2) is 29.4 Å². The predicted octanol–water partition coefficient (Wildman–Crippen LogP) is 2.86. The molecule has 4 heteroatoms. The van der Waals surface area contributed by atoms with Gasteiger partial charge in [-0.05, 0) is 63.3 Å². The molecule has 2 aliphatic rings. The molecule has 1 aromatic rings. The smallest absolute Gasteiger partial charge is 0.241 e. The lowest BCUT2D eigenvalue weighted by Gasteiger charge is -2.40. The second-order valence-corrected chi connectivity index (χ2v) is 6.43. The maximum absolute atomic E-state index is 12.5. The molecule has 1 heterocycles. The molecule has 3 N–H and O–H groups in total. The van der Waals surface area contributed by atoms with E-state index in [1.165, 1.54) is 32.1 Å².